The molecule has 0 saturated carbocycles. The maximum Gasteiger partial charge on any atom is 0.337 e. The van der Waals surface area contributed by atoms with Gasteiger partial charge in [0.15, 0.2) is 5.60 Å². The molecule has 0 fully saturated rings. The monoisotopic (exact) mass is 349 g/mol. The molecular formula is C14H17Cl2NO5. The second kappa shape index (κ2) is 8.22. The van der Waals surface area contributed by atoms with Crippen molar-refractivity contribution in [3.63, 3.8) is 0 Å². The second-order valence-electron chi connectivity index (χ2n) is 4.88. The molecule has 0 aliphatic rings. The number of nitrogens with one attached hydrogen (secondary N) is 1. The maximum absolute atomic E-state index is 11.5. The Hall–Kier alpha value is -1.50. The summed E-state index contributed by atoms with van der Waals surface area (Å²) >= 11 is 11.7. The molecule has 1 aromatic rings. The van der Waals surface area contributed by atoms with Crippen LogP contribution in [0.1, 0.15) is 19.8 Å². The van der Waals surface area contributed by atoms with Crippen molar-refractivity contribution in [3.8, 4) is 5.75 Å². The van der Waals surface area contributed by atoms with Gasteiger partial charge in [-0.1, -0.05) is 23.2 Å². The summed E-state index contributed by atoms with van der Waals surface area (Å²) in [6, 6.07) is 4.83. The van der Waals surface area contributed by atoms with Crippen molar-refractivity contribution >= 4 is 35.1 Å². The number of rotatable bonds is 8. The van der Waals surface area contributed by atoms with Gasteiger partial charge in [0.05, 0.1) is 18.2 Å². The highest BCUT2D eigenvalue weighted by molar-refractivity contribution is 6.35. The summed E-state index contributed by atoms with van der Waals surface area (Å²) in [5.74, 6) is -1.29. The number of benzene rings is 1. The molecule has 6 nitrogen and oxygen atoms in total. The smallest absolute Gasteiger partial charge is 0.337 e. The van der Waals surface area contributed by atoms with E-state index >= 15 is 0 Å². The maximum atomic E-state index is 11.5. The van der Waals surface area contributed by atoms with Crippen molar-refractivity contribution in [2.24, 2.45) is 0 Å². The zero-order chi connectivity index (χ0) is 16.8. The van der Waals surface area contributed by atoms with Crippen LogP contribution in [-0.2, 0) is 9.59 Å². The SMILES string of the molecule is CC(O)(CNC(=O)CCCOc1ccc(Cl)cc1Cl)C(=O)O. The molecule has 0 aliphatic heterocycles. The van der Waals surface area contributed by atoms with Crippen molar-refractivity contribution in [1.82, 2.24) is 5.32 Å². The van der Waals surface area contributed by atoms with Crippen LogP contribution in [0.3, 0.4) is 0 Å². The third kappa shape index (κ3) is 6.09. The third-order valence-electron chi connectivity index (χ3n) is 2.79. The van der Waals surface area contributed by atoms with Gasteiger partial charge in [-0.25, -0.2) is 4.79 Å². The molecule has 0 radical (unpaired) electrons. The van der Waals surface area contributed by atoms with Gasteiger partial charge in [0.2, 0.25) is 5.91 Å². The molecule has 3 N–H and O–H groups in total. The van der Waals surface area contributed by atoms with E-state index in [0.717, 1.165) is 6.92 Å². The van der Waals surface area contributed by atoms with Gasteiger partial charge in [0.25, 0.3) is 0 Å². The Morgan fingerprint density at radius 3 is 2.64 bits per heavy atom. The average Bonchev–Trinajstić information content (AvgIpc) is 2.43. The van der Waals surface area contributed by atoms with Gasteiger partial charge in [0.1, 0.15) is 5.75 Å². The first-order valence-electron chi connectivity index (χ1n) is 6.52. The number of carbonyl (C=O) groups excluding carboxylic acids is 1. The Morgan fingerprint density at radius 2 is 2.05 bits per heavy atom. The molecule has 1 unspecified atom stereocenters. The van der Waals surface area contributed by atoms with Crippen molar-refractivity contribution in [2.75, 3.05) is 13.2 Å². The molecule has 0 saturated heterocycles. The lowest BCUT2D eigenvalue weighted by molar-refractivity contribution is -0.156. The number of hydrogen-bond acceptors (Lipinski definition) is 4. The Morgan fingerprint density at radius 1 is 1.36 bits per heavy atom. The van der Waals surface area contributed by atoms with Gasteiger partial charge in [-0.3, -0.25) is 4.79 Å². The Kier molecular flexibility index (Phi) is 6.93. The van der Waals surface area contributed by atoms with Crippen LogP contribution >= 0.6 is 23.2 Å². The van der Waals surface area contributed by atoms with E-state index < -0.39 is 11.6 Å². The number of ether oxygens (including phenoxy) is 1. The largest absolute Gasteiger partial charge is 0.492 e. The molecule has 0 aromatic heterocycles. The van der Waals surface area contributed by atoms with Gasteiger partial charge in [-0.05, 0) is 31.5 Å². The zero-order valence-electron chi connectivity index (χ0n) is 11.9. The molecule has 1 aromatic carbocycles. The van der Waals surface area contributed by atoms with Crippen LogP contribution in [0.5, 0.6) is 5.75 Å². The predicted molar refractivity (Wildman–Crippen MR) is 82.5 cm³/mol. The minimum absolute atomic E-state index is 0.140. The fourth-order valence-corrected chi connectivity index (χ4v) is 1.90. The number of amides is 1. The molecule has 8 heteroatoms. The van der Waals surface area contributed by atoms with E-state index in [1.165, 1.54) is 0 Å². The molecule has 0 bridgehead atoms. The van der Waals surface area contributed by atoms with Crippen LogP contribution in [0.15, 0.2) is 18.2 Å². The van der Waals surface area contributed by atoms with Crippen LogP contribution in [-0.4, -0.2) is 40.8 Å². The summed E-state index contributed by atoms with van der Waals surface area (Å²) in [6.45, 7) is 1.02. The number of carbonyl (C=O) groups is 2. The highest BCUT2D eigenvalue weighted by Gasteiger charge is 2.30. The average molecular weight is 350 g/mol. The first-order valence-corrected chi connectivity index (χ1v) is 7.28. The lowest BCUT2D eigenvalue weighted by atomic mass is 10.1. The molecule has 22 heavy (non-hydrogen) atoms. The molecule has 1 rings (SSSR count). The van der Waals surface area contributed by atoms with Gasteiger partial charge in [0, 0.05) is 11.4 Å². The lowest BCUT2D eigenvalue weighted by Gasteiger charge is -2.18. The van der Waals surface area contributed by atoms with Crippen LogP contribution < -0.4 is 10.1 Å². The van der Waals surface area contributed by atoms with Crippen molar-refractivity contribution < 1.29 is 24.5 Å². The van der Waals surface area contributed by atoms with Crippen LogP contribution in [0.2, 0.25) is 10.0 Å². The van der Waals surface area contributed by atoms with Gasteiger partial charge >= 0.3 is 5.97 Å². The summed E-state index contributed by atoms with van der Waals surface area (Å²) in [7, 11) is 0. The number of hydrogen-bond donors (Lipinski definition) is 3. The fourth-order valence-electron chi connectivity index (χ4n) is 1.44. The topological polar surface area (TPSA) is 95.9 Å². The normalized spacial score (nSPS) is 13.3. The van der Waals surface area contributed by atoms with E-state index in [0.29, 0.717) is 22.2 Å². The summed E-state index contributed by atoms with van der Waals surface area (Å²) in [4.78, 5) is 22.2. The zero-order valence-corrected chi connectivity index (χ0v) is 13.4. The number of carboxylic acid groups (broad SMARTS) is 1. The first kappa shape index (κ1) is 18.5. The molecule has 1 atom stereocenters. The highest BCUT2D eigenvalue weighted by atomic mass is 35.5. The van der Waals surface area contributed by atoms with E-state index in [1.54, 1.807) is 18.2 Å². The quantitative estimate of drug-likeness (QED) is 0.624. The Balaban J connectivity index is 2.27. The minimum atomic E-state index is -1.98. The molecule has 0 spiro atoms. The highest BCUT2D eigenvalue weighted by Crippen LogP contribution is 2.27. The van der Waals surface area contributed by atoms with Crippen molar-refractivity contribution in [1.29, 1.82) is 0 Å². The minimum Gasteiger partial charge on any atom is -0.492 e. The molecule has 0 heterocycles. The predicted octanol–water partition coefficient (Wildman–Crippen LogP) is 2.10. The number of halogens is 2. The lowest BCUT2D eigenvalue weighted by Crippen LogP contribution is -2.46. The number of aliphatic hydroxyl groups is 1. The standard InChI is InChI=1S/C14H17Cl2NO5/c1-14(21,13(19)20)8-17-12(18)3-2-6-22-11-5-4-9(15)7-10(11)16/h4-5,7,21H,2-3,6,8H2,1H3,(H,17,18)(H,19,20). The van der Waals surface area contributed by atoms with Crippen molar-refractivity contribution in [3.05, 3.63) is 28.2 Å². The molecule has 1 amide bonds. The molecule has 0 aliphatic carbocycles. The number of aliphatic carboxylic acids is 1. The summed E-state index contributed by atoms with van der Waals surface area (Å²) in [5.41, 5.74) is -1.98. The van der Waals surface area contributed by atoms with E-state index in [2.05, 4.69) is 5.32 Å². The van der Waals surface area contributed by atoms with Crippen LogP contribution in [0.4, 0.5) is 0 Å². The second-order valence-corrected chi connectivity index (χ2v) is 5.73. The van der Waals surface area contributed by atoms with E-state index in [1.807, 2.05) is 0 Å². The van der Waals surface area contributed by atoms with E-state index in [4.69, 9.17) is 33.0 Å². The van der Waals surface area contributed by atoms with E-state index in [9.17, 15) is 14.7 Å². The summed E-state index contributed by atoms with van der Waals surface area (Å²) < 4.78 is 5.41. The van der Waals surface area contributed by atoms with Gasteiger partial charge in [-0.2, -0.15) is 0 Å². The summed E-state index contributed by atoms with van der Waals surface area (Å²) in [5, 5.41) is 21.4. The van der Waals surface area contributed by atoms with Crippen LogP contribution in [0.25, 0.3) is 0 Å². The van der Waals surface area contributed by atoms with Crippen LogP contribution in [0, 0.1) is 0 Å². The third-order valence-corrected chi connectivity index (χ3v) is 3.32. The Bertz CT molecular complexity index is 548. The Labute approximate surface area is 138 Å². The van der Waals surface area contributed by atoms with Gasteiger partial charge < -0.3 is 20.3 Å². The number of carboxylic acids is 1. The molecular weight excluding hydrogens is 333 g/mol. The fraction of sp³-hybridized carbons (Fsp3) is 0.429. The van der Waals surface area contributed by atoms with Crippen molar-refractivity contribution in [2.45, 2.75) is 25.4 Å². The van der Waals surface area contributed by atoms with E-state index in [-0.39, 0.29) is 25.5 Å². The summed E-state index contributed by atoms with van der Waals surface area (Å²) in [6.07, 6.45) is 0.556. The first-order chi connectivity index (χ1) is 10.2. The molecule has 122 valence electrons. The van der Waals surface area contributed by atoms with Gasteiger partial charge in [-0.15, -0.1) is 0 Å².